The van der Waals surface area contributed by atoms with Crippen molar-refractivity contribution < 1.29 is 0 Å². The molecule has 4 heterocycles. The summed E-state index contributed by atoms with van der Waals surface area (Å²) in [5, 5.41) is 8.25. The second-order valence-corrected chi connectivity index (χ2v) is 32.8. The number of fused-ring (bicyclic) bond motifs is 19. The first kappa shape index (κ1) is 64.3. The van der Waals surface area contributed by atoms with Crippen LogP contribution < -0.4 is 0 Å². The lowest BCUT2D eigenvalue weighted by molar-refractivity contribution is 0.660. The van der Waals surface area contributed by atoms with E-state index in [9.17, 15) is 0 Å². The van der Waals surface area contributed by atoms with Gasteiger partial charge >= 0.3 is 0 Å². The van der Waals surface area contributed by atoms with Gasteiger partial charge in [-0.1, -0.05) is 266 Å². The first-order valence-corrected chi connectivity index (χ1v) is 39.3. The van der Waals surface area contributed by atoms with Crippen molar-refractivity contribution in [3.8, 4) is 118 Å². The highest BCUT2D eigenvalue weighted by Crippen LogP contribution is 2.54. The molecule has 0 radical (unpaired) electrons. The maximum atomic E-state index is 5.75. The Morgan fingerprint density at radius 3 is 0.946 bits per heavy atom. The fourth-order valence-corrected chi connectivity index (χ4v) is 20.0. The Kier molecular flexibility index (Phi) is 13.6. The molecule has 0 amide bonds. The molecule has 5 heteroatoms. The van der Waals surface area contributed by atoms with Crippen molar-refractivity contribution in [2.45, 2.75) is 57.8 Å². The zero-order valence-corrected chi connectivity index (χ0v) is 63.1. The fraction of sp³-hybridized carbons (Fsp3) is 0.0841. The van der Waals surface area contributed by atoms with E-state index in [2.05, 4.69) is 401 Å². The summed E-state index contributed by atoms with van der Waals surface area (Å²) in [7, 11) is 0. The van der Waals surface area contributed by atoms with Crippen molar-refractivity contribution in [1.82, 2.24) is 23.7 Å². The summed E-state index contributed by atoms with van der Waals surface area (Å²) in [4.78, 5) is 11.3. The third-order valence-corrected chi connectivity index (χ3v) is 25.7. The molecule has 16 aromatic carbocycles. The van der Waals surface area contributed by atoms with E-state index in [1.165, 1.54) is 132 Å². The summed E-state index contributed by atoms with van der Waals surface area (Å²) >= 11 is 0. The number of hydrogen-bond acceptors (Lipinski definition) is 2. The molecule has 3 aliphatic carbocycles. The molecular formula is C107H75N5. The highest BCUT2D eigenvalue weighted by molar-refractivity contribution is 6.14. The molecule has 112 heavy (non-hydrogen) atoms. The minimum atomic E-state index is -0.0560. The predicted molar refractivity (Wildman–Crippen MR) is 468 cm³/mol. The van der Waals surface area contributed by atoms with E-state index in [0.29, 0.717) is 5.82 Å². The van der Waals surface area contributed by atoms with Crippen molar-refractivity contribution in [2.24, 2.45) is 0 Å². The standard InChI is InChI=1S/C107H75N5/c1-105(2)90-31-13-7-25-77(90)83-57-66(39-48-93(83)105)70-43-52-100-86(60-70)80-28-10-16-34-97(80)110(100)74-46-37-64(38-47-74)103-89-63-69(65-21-19-23-75(55-65)111-98-35-17-11-29-81(98)87-61-71(44-53-101(87)111)67-40-49-94-84(58-67)78-26-8-14-32-91(78)106(94,3)4)42-51-96(89)108-104(109-103)73-22-20-24-76(56-73)112-99-36-18-12-30-82(99)88-62-72(45-54-102(88)112)68-41-50-95-85(59-68)79-27-9-15-33-92(79)107(95,5)6/h7-63H,1-6H3. The maximum Gasteiger partial charge on any atom is 0.160 e. The molecule has 0 bridgehead atoms. The van der Waals surface area contributed by atoms with Crippen molar-refractivity contribution in [3.63, 3.8) is 0 Å². The molecule has 0 saturated carbocycles. The van der Waals surface area contributed by atoms with E-state index in [1.807, 2.05) is 0 Å². The predicted octanol–water partition coefficient (Wildman–Crippen LogP) is 27.8. The average molecular weight is 1430 g/mol. The van der Waals surface area contributed by atoms with Gasteiger partial charge in [-0.05, 0) is 233 Å². The Morgan fingerprint density at radius 2 is 0.509 bits per heavy atom. The number of aromatic nitrogens is 5. The topological polar surface area (TPSA) is 40.6 Å². The largest absolute Gasteiger partial charge is 0.309 e. The molecule has 0 atom stereocenters. The SMILES string of the molecule is CC1(C)c2ccccc2-c2cc(-c3ccc4c(c3)c3ccccc3n4-c3ccc(-c4nc(-c5cccc(-n6c7ccccc7c7cc(-c8ccc9c(c8)-c8ccccc8C9(C)C)ccc76)c5)nc5ccc(-c6cccc(-n7c8ccccc8c8cc(-c9ccc%10c(c9)-c9ccccc9C%10(C)C)ccc87)c6)cc45)cc3)ccc21. The van der Waals surface area contributed by atoms with Gasteiger partial charge in [-0.3, -0.25) is 0 Å². The van der Waals surface area contributed by atoms with E-state index in [4.69, 9.17) is 9.97 Å². The van der Waals surface area contributed by atoms with Crippen LogP contribution in [0.2, 0.25) is 0 Å². The minimum Gasteiger partial charge on any atom is -0.309 e. The monoisotopic (exact) mass is 1430 g/mol. The summed E-state index contributed by atoms with van der Waals surface area (Å²) < 4.78 is 7.27. The van der Waals surface area contributed by atoms with Gasteiger partial charge in [-0.2, -0.15) is 0 Å². The molecule has 3 aliphatic rings. The summed E-state index contributed by atoms with van der Waals surface area (Å²) in [6.07, 6.45) is 0. The molecule has 23 rings (SSSR count). The second-order valence-electron chi connectivity index (χ2n) is 32.8. The van der Waals surface area contributed by atoms with Crippen LogP contribution in [0.15, 0.2) is 346 Å². The van der Waals surface area contributed by atoms with Crippen molar-refractivity contribution in [1.29, 1.82) is 0 Å². The summed E-state index contributed by atoms with van der Waals surface area (Å²) in [6, 6.07) is 129. The van der Waals surface area contributed by atoms with Crippen LogP contribution in [0.25, 0.3) is 194 Å². The van der Waals surface area contributed by atoms with Gasteiger partial charge in [0.15, 0.2) is 5.82 Å². The van der Waals surface area contributed by atoms with Crippen LogP contribution in [0.1, 0.15) is 74.9 Å². The van der Waals surface area contributed by atoms with Crippen LogP contribution in [-0.2, 0) is 16.2 Å². The van der Waals surface area contributed by atoms with E-state index in [1.54, 1.807) is 0 Å². The van der Waals surface area contributed by atoms with Crippen LogP contribution in [0, 0.1) is 0 Å². The molecule has 5 nitrogen and oxygen atoms in total. The van der Waals surface area contributed by atoms with Crippen LogP contribution in [0.5, 0.6) is 0 Å². The Hall–Kier alpha value is -13.7. The Balaban J connectivity index is 0.642. The number of rotatable bonds is 9. The molecule has 0 saturated heterocycles. The highest BCUT2D eigenvalue weighted by atomic mass is 15.0. The summed E-state index contributed by atoms with van der Waals surface area (Å²) in [6.45, 7) is 14.1. The number of benzene rings is 16. The van der Waals surface area contributed by atoms with Gasteiger partial charge in [0.2, 0.25) is 0 Å². The van der Waals surface area contributed by atoms with Crippen LogP contribution >= 0.6 is 0 Å². The normalized spacial score (nSPS) is 14.0. The first-order valence-electron chi connectivity index (χ1n) is 39.3. The Bertz CT molecular complexity index is 7470. The highest BCUT2D eigenvalue weighted by Gasteiger charge is 2.38. The molecule has 0 unspecified atom stereocenters. The molecule has 0 aliphatic heterocycles. The number of hydrogen-bond donors (Lipinski definition) is 0. The fourth-order valence-electron chi connectivity index (χ4n) is 20.0. The number of nitrogens with zero attached hydrogens (tertiary/aromatic N) is 5. The lowest BCUT2D eigenvalue weighted by atomic mass is 9.82. The van der Waals surface area contributed by atoms with Crippen molar-refractivity contribution >= 4 is 76.3 Å². The van der Waals surface area contributed by atoms with Crippen molar-refractivity contribution in [3.05, 3.63) is 379 Å². The second kappa shape index (κ2) is 23.6. The average Bonchev–Trinajstić information content (AvgIpc) is 1.79. The quantitative estimate of drug-likeness (QED) is 0.144. The molecule has 0 fully saturated rings. The third kappa shape index (κ3) is 9.37. The lowest BCUT2D eigenvalue weighted by Gasteiger charge is -2.21. The number of para-hydroxylation sites is 3. The maximum absolute atomic E-state index is 5.75. The molecule has 4 aromatic heterocycles. The van der Waals surface area contributed by atoms with Gasteiger partial charge in [-0.15, -0.1) is 0 Å². The van der Waals surface area contributed by atoms with Gasteiger partial charge in [0.25, 0.3) is 0 Å². The van der Waals surface area contributed by atoms with E-state index < -0.39 is 0 Å². The van der Waals surface area contributed by atoms with E-state index >= 15 is 0 Å². The van der Waals surface area contributed by atoms with Crippen LogP contribution in [-0.4, -0.2) is 23.7 Å². The van der Waals surface area contributed by atoms with Crippen molar-refractivity contribution in [2.75, 3.05) is 0 Å². The van der Waals surface area contributed by atoms with E-state index in [-0.39, 0.29) is 16.2 Å². The zero-order valence-electron chi connectivity index (χ0n) is 63.1. The zero-order chi connectivity index (χ0) is 74.6. The van der Waals surface area contributed by atoms with Crippen LogP contribution in [0.3, 0.4) is 0 Å². The molecular weight excluding hydrogens is 1360 g/mol. The Labute approximate surface area is 650 Å². The van der Waals surface area contributed by atoms with E-state index in [0.717, 1.165) is 89.0 Å². The van der Waals surface area contributed by atoms with Gasteiger partial charge in [-0.25, -0.2) is 9.97 Å². The molecule has 0 N–H and O–H groups in total. The molecule has 0 spiro atoms. The summed E-state index contributed by atoms with van der Waals surface area (Å²) in [5.74, 6) is 0.655. The first-order chi connectivity index (χ1) is 54.8. The van der Waals surface area contributed by atoms with Gasteiger partial charge in [0.05, 0.1) is 44.3 Å². The Morgan fingerprint density at radius 1 is 0.196 bits per heavy atom. The van der Waals surface area contributed by atoms with Gasteiger partial charge in [0, 0.05) is 82.1 Å². The third-order valence-electron chi connectivity index (χ3n) is 25.7. The molecule has 20 aromatic rings. The molecule has 528 valence electrons. The van der Waals surface area contributed by atoms with Crippen LogP contribution in [0.4, 0.5) is 0 Å². The minimum absolute atomic E-state index is 0.0504. The van der Waals surface area contributed by atoms with Gasteiger partial charge < -0.3 is 13.7 Å². The van der Waals surface area contributed by atoms with Gasteiger partial charge in [0.1, 0.15) is 0 Å². The lowest BCUT2D eigenvalue weighted by Crippen LogP contribution is -2.14. The summed E-state index contributed by atoms with van der Waals surface area (Å²) in [5.41, 5.74) is 39.3. The smallest absolute Gasteiger partial charge is 0.160 e.